The maximum absolute atomic E-state index is 12.4. The number of amides is 1. The van der Waals surface area contributed by atoms with Gasteiger partial charge in [-0.05, 0) is 18.6 Å². The second-order valence-corrected chi connectivity index (χ2v) is 4.85. The first-order chi connectivity index (χ1) is 9.75. The van der Waals surface area contributed by atoms with E-state index in [4.69, 9.17) is 0 Å². The van der Waals surface area contributed by atoms with Crippen LogP contribution in [0.4, 0.5) is 0 Å². The molecule has 1 amide bonds. The zero-order valence-electron chi connectivity index (χ0n) is 11.3. The van der Waals surface area contributed by atoms with Crippen LogP contribution in [0.25, 0.3) is 10.9 Å². The number of carbonyl (C=O) groups is 1. The van der Waals surface area contributed by atoms with Gasteiger partial charge >= 0.3 is 0 Å². The average molecular weight is 264 g/mol. The first-order valence-corrected chi connectivity index (χ1v) is 6.67. The van der Waals surface area contributed by atoms with Crippen molar-refractivity contribution >= 4 is 16.8 Å². The third kappa shape index (κ3) is 2.30. The molecule has 20 heavy (non-hydrogen) atoms. The van der Waals surface area contributed by atoms with Gasteiger partial charge < -0.3 is 10.3 Å². The number of nitrogens with one attached hydrogen (secondary N) is 2. The summed E-state index contributed by atoms with van der Waals surface area (Å²) in [5, 5.41) is 3.98. The van der Waals surface area contributed by atoms with Crippen LogP contribution in [0.1, 0.15) is 28.9 Å². The number of aromatic nitrogens is 1. The Labute approximate surface area is 117 Å². The van der Waals surface area contributed by atoms with Crippen molar-refractivity contribution in [1.82, 2.24) is 10.3 Å². The van der Waals surface area contributed by atoms with Gasteiger partial charge in [-0.3, -0.25) is 4.79 Å². The molecule has 0 spiro atoms. The molecule has 0 saturated heterocycles. The molecule has 0 aliphatic rings. The van der Waals surface area contributed by atoms with E-state index in [9.17, 15) is 4.79 Å². The molecular formula is C17H16N2O. The molecule has 0 fully saturated rings. The summed E-state index contributed by atoms with van der Waals surface area (Å²) in [5.74, 6) is -0.0567. The summed E-state index contributed by atoms with van der Waals surface area (Å²) < 4.78 is 0. The molecule has 0 saturated carbocycles. The molecule has 1 heterocycles. The maximum Gasteiger partial charge on any atom is 0.253 e. The number of hydrogen-bond acceptors (Lipinski definition) is 1. The van der Waals surface area contributed by atoms with Gasteiger partial charge in [0.2, 0.25) is 0 Å². The smallest absolute Gasteiger partial charge is 0.253 e. The van der Waals surface area contributed by atoms with E-state index in [0.717, 1.165) is 16.5 Å². The van der Waals surface area contributed by atoms with Gasteiger partial charge in [0, 0.05) is 17.1 Å². The highest BCUT2D eigenvalue weighted by Gasteiger charge is 2.14. The average Bonchev–Trinajstić information content (AvgIpc) is 2.92. The van der Waals surface area contributed by atoms with Gasteiger partial charge in [-0.1, -0.05) is 48.5 Å². The Balaban J connectivity index is 1.83. The number of benzene rings is 2. The van der Waals surface area contributed by atoms with Crippen LogP contribution in [0.3, 0.4) is 0 Å². The Morgan fingerprint density at radius 1 is 1.05 bits per heavy atom. The van der Waals surface area contributed by atoms with Crippen molar-refractivity contribution in [1.29, 1.82) is 0 Å². The summed E-state index contributed by atoms with van der Waals surface area (Å²) in [7, 11) is 0. The third-order valence-electron chi connectivity index (χ3n) is 3.48. The fraction of sp³-hybridized carbons (Fsp3) is 0.118. The Morgan fingerprint density at radius 3 is 2.55 bits per heavy atom. The summed E-state index contributed by atoms with van der Waals surface area (Å²) in [5.41, 5.74) is 2.76. The maximum atomic E-state index is 12.4. The molecule has 3 rings (SSSR count). The van der Waals surface area contributed by atoms with E-state index in [1.807, 2.05) is 61.5 Å². The van der Waals surface area contributed by atoms with Gasteiger partial charge in [-0.25, -0.2) is 0 Å². The second kappa shape index (κ2) is 5.21. The van der Waals surface area contributed by atoms with Crippen molar-refractivity contribution in [2.45, 2.75) is 13.0 Å². The van der Waals surface area contributed by atoms with Crippen molar-refractivity contribution in [2.24, 2.45) is 0 Å². The zero-order valence-corrected chi connectivity index (χ0v) is 11.3. The van der Waals surface area contributed by atoms with Crippen LogP contribution >= 0.6 is 0 Å². The van der Waals surface area contributed by atoms with Gasteiger partial charge in [0.25, 0.3) is 5.91 Å². The Hall–Kier alpha value is -2.55. The minimum absolute atomic E-state index is 0.0163. The highest BCUT2D eigenvalue weighted by Crippen LogP contribution is 2.19. The molecule has 1 unspecified atom stereocenters. The van der Waals surface area contributed by atoms with Crippen molar-refractivity contribution in [3.63, 3.8) is 0 Å². The van der Waals surface area contributed by atoms with Gasteiger partial charge in [-0.15, -0.1) is 0 Å². The molecule has 2 aromatic carbocycles. The van der Waals surface area contributed by atoms with Crippen molar-refractivity contribution in [2.75, 3.05) is 0 Å². The SMILES string of the molecule is CC(NC(=O)c1c[nH]c2ccccc12)c1ccccc1. The molecule has 0 radical (unpaired) electrons. The normalized spacial score (nSPS) is 12.2. The van der Waals surface area contributed by atoms with Gasteiger partial charge in [0.1, 0.15) is 0 Å². The van der Waals surface area contributed by atoms with Crippen molar-refractivity contribution in [3.8, 4) is 0 Å². The summed E-state index contributed by atoms with van der Waals surface area (Å²) in [4.78, 5) is 15.5. The van der Waals surface area contributed by atoms with Gasteiger partial charge in [0.15, 0.2) is 0 Å². The lowest BCUT2D eigenvalue weighted by atomic mass is 10.1. The van der Waals surface area contributed by atoms with Gasteiger partial charge in [0.05, 0.1) is 11.6 Å². The second-order valence-electron chi connectivity index (χ2n) is 4.85. The molecule has 0 aliphatic heterocycles. The molecular weight excluding hydrogens is 248 g/mol. The molecule has 3 aromatic rings. The predicted molar refractivity (Wildman–Crippen MR) is 80.6 cm³/mol. The van der Waals surface area contributed by atoms with Crippen LogP contribution in [0.2, 0.25) is 0 Å². The van der Waals surface area contributed by atoms with Crippen molar-refractivity contribution in [3.05, 3.63) is 71.9 Å². The van der Waals surface area contributed by atoms with Crippen LogP contribution in [0, 0.1) is 0 Å². The largest absolute Gasteiger partial charge is 0.360 e. The fourth-order valence-corrected chi connectivity index (χ4v) is 2.36. The lowest BCUT2D eigenvalue weighted by Gasteiger charge is -2.13. The van der Waals surface area contributed by atoms with E-state index in [1.54, 1.807) is 6.20 Å². The number of aromatic amines is 1. The van der Waals surface area contributed by atoms with E-state index in [0.29, 0.717) is 5.56 Å². The lowest BCUT2D eigenvalue weighted by Crippen LogP contribution is -2.26. The highest BCUT2D eigenvalue weighted by atomic mass is 16.1. The lowest BCUT2D eigenvalue weighted by molar-refractivity contribution is 0.0941. The topological polar surface area (TPSA) is 44.9 Å². The summed E-state index contributed by atoms with van der Waals surface area (Å²) in [6.07, 6.45) is 1.76. The van der Waals surface area contributed by atoms with E-state index in [-0.39, 0.29) is 11.9 Å². The molecule has 2 N–H and O–H groups in total. The minimum atomic E-state index is -0.0567. The molecule has 1 atom stereocenters. The molecule has 0 bridgehead atoms. The van der Waals surface area contributed by atoms with E-state index in [1.165, 1.54) is 0 Å². The van der Waals surface area contributed by atoms with Crippen LogP contribution in [-0.2, 0) is 0 Å². The number of fused-ring (bicyclic) bond motifs is 1. The monoisotopic (exact) mass is 264 g/mol. The number of hydrogen-bond donors (Lipinski definition) is 2. The van der Waals surface area contributed by atoms with Crippen LogP contribution < -0.4 is 5.32 Å². The van der Waals surface area contributed by atoms with Crippen LogP contribution in [-0.4, -0.2) is 10.9 Å². The molecule has 100 valence electrons. The summed E-state index contributed by atoms with van der Waals surface area (Å²) in [6.45, 7) is 1.99. The van der Waals surface area contributed by atoms with Crippen LogP contribution in [0.15, 0.2) is 60.8 Å². The molecule has 3 nitrogen and oxygen atoms in total. The van der Waals surface area contributed by atoms with E-state index in [2.05, 4.69) is 10.3 Å². The standard InChI is InChI=1S/C17H16N2O/c1-12(13-7-3-2-4-8-13)19-17(20)15-11-18-16-10-6-5-9-14(15)16/h2-12,18H,1H3,(H,19,20). The van der Waals surface area contributed by atoms with Crippen LogP contribution in [0.5, 0.6) is 0 Å². The fourth-order valence-electron chi connectivity index (χ4n) is 2.36. The highest BCUT2D eigenvalue weighted by molar-refractivity contribution is 6.06. The van der Waals surface area contributed by atoms with E-state index < -0.39 is 0 Å². The van der Waals surface area contributed by atoms with E-state index >= 15 is 0 Å². The number of H-pyrrole nitrogens is 1. The number of para-hydroxylation sites is 1. The van der Waals surface area contributed by atoms with Crippen molar-refractivity contribution < 1.29 is 4.79 Å². The Morgan fingerprint density at radius 2 is 1.75 bits per heavy atom. The summed E-state index contributed by atoms with van der Waals surface area (Å²) >= 11 is 0. The first kappa shape index (κ1) is 12.5. The summed E-state index contributed by atoms with van der Waals surface area (Å²) in [6, 6.07) is 17.7. The third-order valence-corrected chi connectivity index (χ3v) is 3.48. The molecule has 3 heteroatoms. The Bertz CT molecular complexity index is 731. The minimum Gasteiger partial charge on any atom is -0.360 e. The van der Waals surface area contributed by atoms with Gasteiger partial charge in [-0.2, -0.15) is 0 Å². The Kier molecular flexibility index (Phi) is 3.25. The molecule has 1 aromatic heterocycles. The molecule has 0 aliphatic carbocycles. The quantitative estimate of drug-likeness (QED) is 0.745. The predicted octanol–water partition coefficient (Wildman–Crippen LogP) is 3.66. The number of carbonyl (C=O) groups excluding carboxylic acids is 1. The zero-order chi connectivity index (χ0) is 13.9. The number of rotatable bonds is 3. The first-order valence-electron chi connectivity index (χ1n) is 6.67.